The molecule has 0 aliphatic carbocycles. The normalized spacial score (nSPS) is 10.7. The number of aryl methyl sites for hydroxylation is 2. The molecule has 1 atom stereocenters. The van der Waals surface area contributed by atoms with Gasteiger partial charge in [-0.3, -0.25) is 0 Å². The maximum atomic E-state index is 10.2. The first-order chi connectivity index (χ1) is 10.4. The topological polar surface area (TPSA) is 20.2 Å². The summed E-state index contributed by atoms with van der Waals surface area (Å²) in [6.45, 7) is 8.77. The van der Waals surface area contributed by atoms with E-state index in [0.29, 0.717) is 14.3 Å². The zero-order valence-corrected chi connectivity index (χ0v) is 18.2. The van der Waals surface area contributed by atoms with Gasteiger partial charge in [0, 0.05) is 18.5 Å². The number of hydrogen-bond acceptors (Lipinski definition) is 1. The van der Waals surface area contributed by atoms with Gasteiger partial charge < -0.3 is 5.11 Å². The Hall–Kier alpha value is 0.394. The van der Waals surface area contributed by atoms with E-state index in [1.165, 1.54) is 16.2 Å². The minimum atomic E-state index is -0.556. The van der Waals surface area contributed by atoms with Gasteiger partial charge in [-0.1, -0.05) is 38.9 Å². The molecule has 0 saturated carbocycles. The Labute approximate surface area is 153 Å². The number of para-hydroxylation sites is 1. The summed E-state index contributed by atoms with van der Waals surface area (Å²) in [7, 11) is 9.84. The number of phenolic OH excluding ortho intramolecular Hbond substituents is 1. The van der Waals surface area contributed by atoms with Crippen LogP contribution in [0.3, 0.4) is 0 Å². The number of hydrogen-bond donors (Lipinski definition) is 1. The molecule has 22 heavy (non-hydrogen) atoms. The van der Waals surface area contributed by atoms with Crippen LogP contribution in [0.1, 0.15) is 11.1 Å². The molecule has 0 aliphatic rings. The van der Waals surface area contributed by atoms with E-state index < -0.39 is 25.0 Å². The van der Waals surface area contributed by atoms with Crippen LogP contribution >= 0.6 is 35.1 Å². The number of phenols is 1. The maximum absolute atomic E-state index is 10.2. The number of benzene rings is 2. The molecule has 6 heteroatoms. The van der Waals surface area contributed by atoms with Crippen molar-refractivity contribution in [3.8, 4) is 5.75 Å². The second-order valence-electron chi connectivity index (χ2n) is 5.16. The molecular weight excluding hydrogens is 389 g/mol. The van der Waals surface area contributed by atoms with Crippen LogP contribution < -0.4 is 15.9 Å². The molecule has 0 aliphatic heterocycles. The van der Waals surface area contributed by atoms with Gasteiger partial charge in [0.2, 0.25) is 0 Å². The zero-order valence-electron chi connectivity index (χ0n) is 13.2. The Kier molecular flexibility index (Phi) is 9.57. The third-order valence-corrected chi connectivity index (χ3v) is 6.64. The van der Waals surface area contributed by atoms with Gasteiger partial charge in [-0.2, -0.15) is 0 Å². The summed E-state index contributed by atoms with van der Waals surface area (Å²) in [5.74, 6) is 0.455. The molecule has 118 valence electrons. The molecule has 0 bridgehead atoms. The second kappa shape index (κ2) is 10.3. The summed E-state index contributed by atoms with van der Waals surface area (Å²) in [6, 6.07) is 12.6. The van der Waals surface area contributed by atoms with Crippen molar-refractivity contribution in [2.24, 2.45) is 0 Å². The summed E-state index contributed by atoms with van der Waals surface area (Å²) in [4.78, 5) is 0. The van der Waals surface area contributed by atoms with Gasteiger partial charge in [-0.15, -0.1) is 0 Å². The predicted octanol–water partition coefficient (Wildman–Crippen LogP) is 4.11. The molecule has 0 amide bonds. The van der Waals surface area contributed by atoms with E-state index in [9.17, 15) is 5.11 Å². The number of aromatic hydroxyl groups is 1. The monoisotopic (exact) mass is 409 g/mol. The van der Waals surface area contributed by atoms with Gasteiger partial charge in [0.05, 0.1) is 18.6 Å². The van der Waals surface area contributed by atoms with E-state index in [4.69, 9.17) is 18.6 Å². The van der Waals surface area contributed by atoms with Crippen molar-refractivity contribution < 1.29 is 22.1 Å². The third kappa shape index (κ3) is 5.79. The quantitative estimate of drug-likeness (QED) is 0.597. The summed E-state index contributed by atoms with van der Waals surface area (Å²) in [5, 5.41) is 14.2. The molecule has 0 fully saturated rings. The SMILES string of the molecule is Cc1cccc(Pc2c(C)cccc2[PH+](C)C)c1O.[Cl][Ti][Cl]. The molecule has 0 radical (unpaired) electrons. The molecule has 0 heterocycles. The fourth-order valence-electron chi connectivity index (χ4n) is 2.14. The minimum absolute atomic E-state index is 0.455. The zero-order chi connectivity index (χ0) is 16.7. The summed E-state index contributed by atoms with van der Waals surface area (Å²) < 4.78 is 0. The van der Waals surface area contributed by atoms with E-state index in [2.05, 4.69) is 38.5 Å². The third-order valence-electron chi connectivity index (χ3n) is 3.31. The standard InChI is InChI=1S/C16H20OP2.2ClH.Ti/c1-11-7-5-9-13(15(11)17)18-16-12(2)8-6-10-14(16)19(3)4;;;/h5-10,17-18H,1-4H3;2*1H;/q;;;+2/p-1. The average Bonchev–Trinajstić information content (AvgIpc) is 2.46. The van der Waals surface area contributed by atoms with Gasteiger partial charge in [-0.25, -0.2) is 0 Å². The van der Waals surface area contributed by atoms with Crippen molar-refractivity contribution in [1.82, 2.24) is 0 Å². The van der Waals surface area contributed by atoms with E-state index in [0.717, 1.165) is 10.9 Å². The first kappa shape index (κ1) is 20.4. The van der Waals surface area contributed by atoms with Crippen LogP contribution in [0.2, 0.25) is 0 Å². The Bertz CT molecular complexity index is 621. The first-order valence-corrected chi connectivity index (χ1v) is 14.6. The summed E-state index contributed by atoms with van der Waals surface area (Å²) in [6.07, 6.45) is 0. The fraction of sp³-hybridized carbons (Fsp3) is 0.250. The molecular formula is C16H21Cl2OP2Ti+. The van der Waals surface area contributed by atoms with Gasteiger partial charge in [0.1, 0.15) is 5.75 Å². The Balaban J connectivity index is 0.000000745. The average molecular weight is 410 g/mol. The number of rotatable bonds is 3. The van der Waals surface area contributed by atoms with Gasteiger partial charge in [0.25, 0.3) is 0 Å². The van der Waals surface area contributed by atoms with E-state index in [1.807, 2.05) is 25.1 Å². The molecule has 1 nitrogen and oxygen atoms in total. The van der Waals surface area contributed by atoms with Crippen molar-refractivity contribution >= 4 is 51.0 Å². The van der Waals surface area contributed by atoms with Crippen LogP contribution in [0, 0.1) is 13.8 Å². The van der Waals surface area contributed by atoms with Crippen LogP contribution in [0.15, 0.2) is 36.4 Å². The molecule has 1 N–H and O–H groups in total. The predicted molar refractivity (Wildman–Crippen MR) is 103 cm³/mol. The summed E-state index contributed by atoms with van der Waals surface area (Å²) in [5.41, 5.74) is 2.29. The molecule has 2 aromatic carbocycles. The van der Waals surface area contributed by atoms with Crippen molar-refractivity contribution in [2.75, 3.05) is 13.3 Å². The van der Waals surface area contributed by atoms with E-state index in [-0.39, 0.29) is 0 Å². The molecule has 2 aromatic rings. The van der Waals surface area contributed by atoms with E-state index in [1.54, 1.807) is 0 Å². The molecule has 0 saturated heterocycles. The van der Waals surface area contributed by atoms with Crippen molar-refractivity contribution in [3.05, 3.63) is 47.5 Å². The molecule has 0 aromatic heterocycles. The van der Waals surface area contributed by atoms with Crippen LogP contribution in [0.25, 0.3) is 0 Å². The van der Waals surface area contributed by atoms with Crippen LogP contribution in [0.4, 0.5) is 0 Å². The van der Waals surface area contributed by atoms with Crippen LogP contribution in [-0.4, -0.2) is 18.4 Å². The molecule has 2 rings (SSSR count). The fourth-order valence-corrected chi connectivity index (χ4v) is 5.47. The van der Waals surface area contributed by atoms with Gasteiger partial charge in [-0.05, 0) is 31.0 Å². The van der Waals surface area contributed by atoms with E-state index >= 15 is 0 Å². The van der Waals surface area contributed by atoms with Gasteiger partial charge in [0.15, 0.2) is 0 Å². The van der Waals surface area contributed by atoms with Crippen molar-refractivity contribution in [3.63, 3.8) is 0 Å². The van der Waals surface area contributed by atoms with Crippen molar-refractivity contribution in [1.29, 1.82) is 0 Å². The van der Waals surface area contributed by atoms with Crippen LogP contribution in [0.5, 0.6) is 5.75 Å². The van der Waals surface area contributed by atoms with Crippen molar-refractivity contribution in [2.45, 2.75) is 13.8 Å². The molecule has 0 spiro atoms. The molecule has 1 unspecified atom stereocenters. The number of halogens is 2. The Morgan fingerprint density at radius 2 is 1.55 bits per heavy atom. The van der Waals surface area contributed by atoms with Gasteiger partial charge >= 0.3 is 35.6 Å². The summed E-state index contributed by atoms with van der Waals surface area (Å²) >= 11 is -0.556. The second-order valence-corrected chi connectivity index (χ2v) is 11.6. The Morgan fingerprint density at radius 1 is 1.00 bits per heavy atom. The first-order valence-electron chi connectivity index (χ1n) is 6.84. The van der Waals surface area contributed by atoms with Crippen LogP contribution in [-0.2, 0) is 17.0 Å². The Morgan fingerprint density at radius 3 is 2.14 bits per heavy atom.